The zero-order valence-corrected chi connectivity index (χ0v) is 20.2. The van der Waals surface area contributed by atoms with Crippen LogP contribution in [0.15, 0.2) is 40.4 Å². The average molecular weight is 479 g/mol. The van der Waals surface area contributed by atoms with E-state index < -0.39 is 5.97 Å². The molecule has 174 valence electrons. The predicted molar refractivity (Wildman–Crippen MR) is 127 cm³/mol. The normalized spacial score (nSPS) is 11.4. The van der Waals surface area contributed by atoms with Gasteiger partial charge in [-0.2, -0.15) is 0 Å². The van der Waals surface area contributed by atoms with E-state index in [4.69, 9.17) is 21.1 Å². The summed E-state index contributed by atoms with van der Waals surface area (Å²) in [6.07, 6.45) is 2.96. The highest BCUT2D eigenvalue weighted by atomic mass is 35.5. The first-order chi connectivity index (χ1) is 15.4. The molecule has 2 rings (SSSR count). The molecule has 2 aromatic carbocycles. The summed E-state index contributed by atoms with van der Waals surface area (Å²) in [5.41, 5.74) is 2.95. The summed E-state index contributed by atoms with van der Waals surface area (Å²) in [6.45, 7) is 4.55. The summed E-state index contributed by atoms with van der Waals surface area (Å²) in [5.74, 6) is 1.14. The number of aliphatic carboxylic acids is 1. The molecule has 0 aliphatic rings. The topological polar surface area (TPSA) is 91.2 Å². The molecule has 0 atom stereocenters. The van der Waals surface area contributed by atoms with Gasteiger partial charge in [-0.15, -0.1) is 11.8 Å². The van der Waals surface area contributed by atoms with E-state index in [9.17, 15) is 15.1 Å². The van der Waals surface area contributed by atoms with Gasteiger partial charge < -0.3 is 24.6 Å². The highest BCUT2D eigenvalue weighted by molar-refractivity contribution is 7.99. The minimum absolute atomic E-state index is 0.148. The molecule has 32 heavy (non-hydrogen) atoms. The minimum atomic E-state index is -1.12. The maximum absolute atomic E-state index is 10.7. The maximum atomic E-state index is 10.7. The molecule has 0 saturated carbocycles. The first-order valence-electron chi connectivity index (χ1n) is 10.6. The molecule has 0 unspecified atom stereocenters. The van der Waals surface area contributed by atoms with E-state index in [0.717, 1.165) is 46.8 Å². The number of carbonyl (C=O) groups is 1. The number of halogens is 1. The van der Waals surface area contributed by atoms with Crippen LogP contribution >= 0.6 is 23.4 Å². The number of benzene rings is 2. The van der Waals surface area contributed by atoms with Crippen LogP contribution in [-0.4, -0.2) is 36.4 Å². The first kappa shape index (κ1) is 25.9. The molecule has 0 radical (unpaired) electrons. The Kier molecular flexibility index (Phi) is 10.7. The van der Waals surface area contributed by atoms with E-state index in [2.05, 4.69) is 12.1 Å². The van der Waals surface area contributed by atoms with Crippen LogP contribution in [0.5, 0.6) is 11.5 Å². The van der Waals surface area contributed by atoms with Gasteiger partial charge in [0.1, 0.15) is 11.5 Å². The average Bonchev–Trinajstić information content (AvgIpc) is 2.76. The van der Waals surface area contributed by atoms with Crippen LogP contribution in [0.1, 0.15) is 49.8 Å². The monoisotopic (exact) mass is 478 g/mol. The summed E-state index contributed by atoms with van der Waals surface area (Å²) in [5, 5.41) is 24.0. The number of methoxy groups -OCH3 is 1. The Labute approximate surface area is 198 Å². The number of carbonyl (C=O) groups excluding carboxylic acids is 1. The number of rotatable bonds is 13. The summed E-state index contributed by atoms with van der Waals surface area (Å²) in [4.78, 5) is 11.6. The van der Waals surface area contributed by atoms with Crippen molar-refractivity contribution in [2.45, 2.75) is 50.8 Å². The van der Waals surface area contributed by atoms with Crippen molar-refractivity contribution in [1.82, 2.24) is 0 Å². The molecule has 0 bridgehead atoms. The smallest absolute Gasteiger partial charge is 0.134 e. The fraction of sp³-hybridized carbons (Fsp3) is 0.417. The molecule has 0 saturated heterocycles. The van der Waals surface area contributed by atoms with Gasteiger partial charge in [0.2, 0.25) is 0 Å². The van der Waals surface area contributed by atoms with E-state index in [1.54, 1.807) is 31.0 Å². The van der Waals surface area contributed by atoms with E-state index in [-0.39, 0.29) is 6.42 Å². The molecule has 0 aliphatic heterocycles. The van der Waals surface area contributed by atoms with Crippen molar-refractivity contribution in [1.29, 1.82) is 0 Å². The van der Waals surface area contributed by atoms with Crippen LogP contribution in [-0.2, 0) is 17.6 Å². The van der Waals surface area contributed by atoms with E-state index in [1.165, 1.54) is 0 Å². The van der Waals surface area contributed by atoms with E-state index in [0.29, 0.717) is 35.1 Å². The molecule has 1 N–H and O–H groups in total. The SMILES string of the molecule is CCCc1c(OCCCSc2ccc(CC(=O)[O-])cc2Cl)ccc(/C(CC)=N/O)c1OC. The molecule has 6 nitrogen and oxygen atoms in total. The number of hydrogen-bond donors (Lipinski definition) is 1. The molecular formula is C24H29ClNO5S-. The molecule has 0 fully saturated rings. The molecule has 8 heteroatoms. The number of oxime groups is 1. The minimum Gasteiger partial charge on any atom is -0.550 e. The third kappa shape index (κ3) is 7.07. The lowest BCUT2D eigenvalue weighted by atomic mass is 9.99. The second kappa shape index (κ2) is 13.2. The third-order valence-corrected chi connectivity index (χ3v) is 6.42. The zero-order chi connectivity index (χ0) is 23.5. The van der Waals surface area contributed by atoms with Crippen molar-refractivity contribution in [3.05, 3.63) is 52.0 Å². The molecule has 0 amide bonds. The molecular weight excluding hydrogens is 450 g/mol. The second-order valence-corrected chi connectivity index (χ2v) is 8.68. The van der Waals surface area contributed by atoms with E-state index in [1.807, 2.05) is 25.1 Å². The van der Waals surface area contributed by atoms with Gasteiger partial charge >= 0.3 is 0 Å². The Morgan fingerprint density at radius 1 is 1.25 bits per heavy atom. The van der Waals surface area contributed by atoms with Gasteiger partial charge in [-0.25, -0.2) is 0 Å². The fourth-order valence-corrected chi connectivity index (χ4v) is 4.58. The van der Waals surface area contributed by atoms with Gasteiger partial charge in [-0.3, -0.25) is 0 Å². The number of hydrogen-bond acceptors (Lipinski definition) is 7. The van der Waals surface area contributed by atoms with Crippen molar-refractivity contribution in [3.63, 3.8) is 0 Å². The van der Waals surface area contributed by atoms with Crippen LogP contribution in [0.2, 0.25) is 5.02 Å². The second-order valence-electron chi connectivity index (χ2n) is 7.14. The summed E-state index contributed by atoms with van der Waals surface area (Å²) in [7, 11) is 1.62. The molecule has 0 heterocycles. The molecule has 0 aliphatic carbocycles. The van der Waals surface area contributed by atoms with Crippen molar-refractivity contribution in [2.24, 2.45) is 5.16 Å². The summed E-state index contributed by atoms with van der Waals surface area (Å²) >= 11 is 7.87. The van der Waals surface area contributed by atoms with Gasteiger partial charge in [-0.1, -0.05) is 43.1 Å². The molecule has 0 spiro atoms. The van der Waals surface area contributed by atoms with Crippen molar-refractivity contribution >= 4 is 35.0 Å². The highest BCUT2D eigenvalue weighted by Crippen LogP contribution is 2.35. The Morgan fingerprint density at radius 3 is 2.62 bits per heavy atom. The largest absolute Gasteiger partial charge is 0.550 e. The Morgan fingerprint density at radius 2 is 2.03 bits per heavy atom. The number of thioether (sulfide) groups is 1. The van der Waals surface area contributed by atoms with Crippen LogP contribution in [0, 0.1) is 0 Å². The first-order valence-corrected chi connectivity index (χ1v) is 12.0. The zero-order valence-electron chi connectivity index (χ0n) is 18.7. The van der Waals surface area contributed by atoms with Gasteiger partial charge in [0.25, 0.3) is 0 Å². The van der Waals surface area contributed by atoms with Crippen LogP contribution < -0.4 is 14.6 Å². The summed E-state index contributed by atoms with van der Waals surface area (Å²) < 4.78 is 11.7. The van der Waals surface area contributed by atoms with Crippen molar-refractivity contribution in [3.8, 4) is 11.5 Å². The van der Waals surface area contributed by atoms with E-state index >= 15 is 0 Å². The third-order valence-electron chi connectivity index (χ3n) is 4.84. The lowest BCUT2D eigenvalue weighted by Crippen LogP contribution is -2.24. The number of carboxylic acids is 1. The lowest BCUT2D eigenvalue weighted by molar-refractivity contribution is -0.304. The number of ether oxygens (including phenoxy) is 2. The quantitative estimate of drug-likeness (QED) is 0.147. The summed E-state index contributed by atoms with van der Waals surface area (Å²) in [6, 6.07) is 9.04. The predicted octanol–water partition coefficient (Wildman–Crippen LogP) is 4.74. The van der Waals surface area contributed by atoms with Crippen molar-refractivity contribution < 1.29 is 24.6 Å². The van der Waals surface area contributed by atoms with Gasteiger partial charge in [-0.05, 0) is 49.1 Å². The maximum Gasteiger partial charge on any atom is 0.134 e. The van der Waals surface area contributed by atoms with Gasteiger partial charge in [0.05, 0.1) is 24.5 Å². The number of nitrogens with zero attached hydrogens (tertiary/aromatic N) is 1. The van der Waals surface area contributed by atoms with Crippen LogP contribution in [0.3, 0.4) is 0 Å². The van der Waals surface area contributed by atoms with Crippen LogP contribution in [0.25, 0.3) is 0 Å². The standard InChI is InChI=1S/C24H30ClNO5S/c1-4-7-18-21(10-9-17(24(18)30-3)20(5-2)26-29)31-12-6-13-32-22-11-8-16(14-19(22)25)15-23(27)28/h8-11,14,29H,4-7,12-13,15H2,1-3H3,(H,27,28)/p-1/b26-20+. The van der Waals surface area contributed by atoms with Gasteiger partial charge in [0, 0.05) is 34.2 Å². The Hall–Kier alpha value is -2.38. The lowest BCUT2D eigenvalue weighted by Gasteiger charge is -2.18. The van der Waals surface area contributed by atoms with Crippen molar-refractivity contribution in [2.75, 3.05) is 19.5 Å². The highest BCUT2D eigenvalue weighted by Gasteiger charge is 2.18. The Bertz CT molecular complexity index is 948. The van der Waals surface area contributed by atoms with Crippen LogP contribution in [0.4, 0.5) is 0 Å². The van der Waals surface area contributed by atoms with Gasteiger partial charge in [0.15, 0.2) is 0 Å². The molecule has 0 aromatic heterocycles. The number of carboxylic acid groups (broad SMARTS) is 1. The Balaban J connectivity index is 2.00. The fourth-order valence-electron chi connectivity index (χ4n) is 3.37. The molecule has 2 aromatic rings.